The summed E-state index contributed by atoms with van der Waals surface area (Å²) in [6.45, 7) is 1.97. The van der Waals surface area contributed by atoms with Crippen LogP contribution in [0.2, 0.25) is 0 Å². The summed E-state index contributed by atoms with van der Waals surface area (Å²) in [5.41, 5.74) is 0.685. The summed E-state index contributed by atoms with van der Waals surface area (Å²) in [6.07, 6.45) is 7.08. The fraction of sp³-hybridized carbons (Fsp3) is 0.643. The molecule has 1 fully saturated rings. The van der Waals surface area contributed by atoms with Crippen LogP contribution in [0.3, 0.4) is 0 Å². The van der Waals surface area contributed by atoms with Crippen LogP contribution in [0.15, 0.2) is 6.20 Å². The smallest absolute Gasteiger partial charge is 0.256 e. The minimum atomic E-state index is -0.684. The lowest BCUT2D eigenvalue weighted by Crippen LogP contribution is -2.48. The van der Waals surface area contributed by atoms with Crippen LogP contribution in [-0.4, -0.2) is 21.2 Å². The molecule has 0 bridgehead atoms. The zero-order valence-corrected chi connectivity index (χ0v) is 11.6. The maximum Gasteiger partial charge on any atom is 0.256 e. The Morgan fingerprint density at radius 1 is 1.53 bits per heavy atom. The van der Waals surface area contributed by atoms with Crippen molar-refractivity contribution in [3.05, 3.63) is 17.5 Å². The molecule has 19 heavy (non-hydrogen) atoms. The molecule has 1 aliphatic carbocycles. The molecule has 1 saturated carbocycles. The average molecular weight is 260 g/mol. The van der Waals surface area contributed by atoms with Gasteiger partial charge in [-0.05, 0) is 19.3 Å². The van der Waals surface area contributed by atoms with E-state index in [1.165, 1.54) is 0 Å². The number of amides is 1. The third-order valence-electron chi connectivity index (χ3n) is 3.76. The molecule has 2 rings (SSSR count). The van der Waals surface area contributed by atoms with Crippen LogP contribution in [0.25, 0.3) is 0 Å². The molecule has 0 spiro atoms. The molecule has 0 aliphatic heterocycles. The first kappa shape index (κ1) is 13.6. The maximum absolute atomic E-state index is 12.4. The molecule has 0 aromatic carbocycles. The van der Waals surface area contributed by atoms with Crippen molar-refractivity contribution in [3.8, 4) is 6.07 Å². The van der Waals surface area contributed by atoms with E-state index in [4.69, 9.17) is 0 Å². The summed E-state index contributed by atoms with van der Waals surface area (Å²) in [7, 11) is 1.80. The Hall–Kier alpha value is -1.83. The Labute approximate surface area is 113 Å². The second-order valence-electron chi connectivity index (χ2n) is 5.23. The van der Waals surface area contributed by atoms with Crippen LogP contribution in [0.1, 0.15) is 55.1 Å². The highest BCUT2D eigenvalue weighted by Gasteiger charge is 2.34. The molecule has 0 unspecified atom stereocenters. The standard InChI is InChI=1S/C14H20N4O/c1-3-12-11(9-18(2)17-12)13(19)16-14(10-15)7-5-4-6-8-14/h9H,3-8H2,1-2H3,(H,16,19). The zero-order valence-electron chi connectivity index (χ0n) is 11.6. The summed E-state index contributed by atoms with van der Waals surface area (Å²) in [4.78, 5) is 12.4. The zero-order chi connectivity index (χ0) is 13.9. The normalized spacial score (nSPS) is 17.7. The number of aromatic nitrogens is 2. The quantitative estimate of drug-likeness (QED) is 0.902. The lowest BCUT2D eigenvalue weighted by Gasteiger charge is -2.31. The van der Waals surface area contributed by atoms with Crippen molar-refractivity contribution in [2.75, 3.05) is 0 Å². The molecular formula is C14H20N4O. The summed E-state index contributed by atoms with van der Waals surface area (Å²) in [6, 6.07) is 2.30. The van der Waals surface area contributed by atoms with Crippen LogP contribution >= 0.6 is 0 Å². The van der Waals surface area contributed by atoms with E-state index in [-0.39, 0.29) is 5.91 Å². The summed E-state index contributed by atoms with van der Waals surface area (Å²) in [5.74, 6) is -0.173. The molecule has 1 aromatic heterocycles. The Kier molecular flexibility index (Phi) is 3.89. The Balaban J connectivity index is 2.18. The third-order valence-corrected chi connectivity index (χ3v) is 3.76. The number of carbonyl (C=O) groups is 1. The van der Waals surface area contributed by atoms with Gasteiger partial charge in [0.2, 0.25) is 0 Å². The van der Waals surface area contributed by atoms with E-state index in [0.717, 1.165) is 37.8 Å². The molecule has 5 nitrogen and oxygen atoms in total. The van der Waals surface area contributed by atoms with Crippen LogP contribution in [0, 0.1) is 11.3 Å². The fourth-order valence-corrected chi connectivity index (χ4v) is 2.69. The van der Waals surface area contributed by atoms with Crippen molar-refractivity contribution >= 4 is 5.91 Å². The first-order valence-electron chi connectivity index (χ1n) is 6.86. The lowest BCUT2D eigenvalue weighted by atomic mass is 9.82. The summed E-state index contributed by atoms with van der Waals surface area (Å²) >= 11 is 0. The molecule has 1 N–H and O–H groups in total. The van der Waals surface area contributed by atoms with E-state index in [0.29, 0.717) is 12.0 Å². The highest BCUT2D eigenvalue weighted by Crippen LogP contribution is 2.28. The molecule has 0 radical (unpaired) electrons. The van der Waals surface area contributed by atoms with Gasteiger partial charge in [0.05, 0.1) is 17.3 Å². The molecule has 5 heteroatoms. The monoisotopic (exact) mass is 260 g/mol. The van der Waals surface area contributed by atoms with Gasteiger partial charge in [-0.15, -0.1) is 0 Å². The minimum absolute atomic E-state index is 0.173. The maximum atomic E-state index is 12.4. The van der Waals surface area contributed by atoms with Gasteiger partial charge in [-0.3, -0.25) is 9.48 Å². The van der Waals surface area contributed by atoms with Crippen LogP contribution in [0.4, 0.5) is 0 Å². The predicted molar refractivity (Wildman–Crippen MR) is 71.5 cm³/mol. The molecule has 102 valence electrons. The Bertz CT molecular complexity index is 506. The van der Waals surface area contributed by atoms with E-state index in [1.807, 2.05) is 6.92 Å². The van der Waals surface area contributed by atoms with Gasteiger partial charge in [-0.25, -0.2) is 0 Å². The molecular weight excluding hydrogens is 240 g/mol. The van der Waals surface area contributed by atoms with E-state index < -0.39 is 5.54 Å². The number of aryl methyl sites for hydroxylation is 2. The second kappa shape index (κ2) is 5.43. The molecule has 1 heterocycles. The fourth-order valence-electron chi connectivity index (χ4n) is 2.69. The van der Waals surface area contributed by atoms with E-state index in [1.54, 1.807) is 17.9 Å². The van der Waals surface area contributed by atoms with Crippen molar-refractivity contribution < 1.29 is 4.79 Å². The van der Waals surface area contributed by atoms with E-state index in [9.17, 15) is 10.1 Å². The first-order valence-corrected chi connectivity index (χ1v) is 6.86. The topological polar surface area (TPSA) is 70.7 Å². The van der Waals surface area contributed by atoms with E-state index in [2.05, 4.69) is 16.5 Å². The van der Waals surface area contributed by atoms with Gasteiger partial charge >= 0.3 is 0 Å². The first-order chi connectivity index (χ1) is 9.10. The van der Waals surface area contributed by atoms with Gasteiger partial charge < -0.3 is 5.32 Å². The number of hydrogen-bond acceptors (Lipinski definition) is 3. The van der Waals surface area contributed by atoms with Gasteiger partial charge in [0.15, 0.2) is 0 Å². The molecule has 0 saturated heterocycles. The molecule has 1 aliphatic rings. The van der Waals surface area contributed by atoms with Crippen molar-refractivity contribution in [3.63, 3.8) is 0 Å². The van der Waals surface area contributed by atoms with Crippen LogP contribution < -0.4 is 5.32 Å². The van der Waals surface area contributed by atoms with Crippen molar-refractivity contribution in [1.29, 1.82) is 5.26 Å². The van der Waals surface area contributed by atoms with E-state index >= 15 is 0 Å². The average Bonchev–Trinajstić information content (AvgIpc) is 2.81. The lowest BCUT2D eigenvalue weighted by molar-refractivity contribution is 0.0901. The summed E-state index contributed by atoms with van der Waals surface area (Å²) in [5, 5.41) is 16.6. The SMILES string of the molecule is CCc1nn(C)cc1C(=O)NC1(C#N)CCCCC1. The van der Waals surface area contributed by atoms with Gasteiger partial charge in [0.25, 0.3) is 5.91 Å². The van der Waals surface area contributed by atoms with Gasteiger partial charge in [-0.2, -0.15) is 10.4 Å². The Morgan fingerprint density at radius 3 is 2.79 bits per heavy atom. The Morgan fingerprint density at radius 2 is 2.21 bits per heavy atom. The third kappa shape index (κ3) is 2.78. The molecule has 0 atom stereocenters. The van der Waals surface area contributed by atoms with Gasteiger partial charge in [-0.1, -0.05) is 26.2 Å². The number of carbonyl (C=O) groups excluding carboxylic acids is 1. The number of rotatable bonds is 3. The van der Waals surface area contributed by atoms with Crippen molar-refractivity contribution in [1.82, 2.24) is 15.1 Å². The number of hydrogen-bond donors (Lipinski definition) is 1. The number of nitriles is 1. The predicted octanol–water partition coefficient (Wildman–Crippen LogP) is 1.94. The van der Waals surface area contributed by atoms with Gasteiger partial charge in [0.1, 0.15) is 5.54 Å². The van der Waals surface area contributed by atoms with Crippen LogP contribution in [-0.2, 0) is 13.5 Å². The van der Waals surface area contributed by atoms with Crippen molar-refractivity contribution in [2.24, 2.45) is 7.05 Å². The molecule has 1 amide bonds. The van der Waals surface area contributed by atoms with Gasteiger partial charge in [0, 0.05) is 13.2 Å². The number of nitrogens with zero attached hydrogens (tertiary/aromatic N) is 3. The minimum Gasteiger partial charge on any atom is -0.334 e. The van der Waals surface area contributed by atoms with Crippen molar-refractivity contribution in [2.45, 2.75) is 51.0 Å². The highest BCUT2D eigenvalue weighted by molar-refractivity contribution is 5.95. The summed E-state index contributed by atoms with van der Waals surface area (Å²) < 4.78 is 1.65. The highest BCUT2D eigenvalue weighted by atomic mass is 16.1. The number of nitrogens with one attached hydrogen (secondary N) is 1. The molecule has 1 aromatic rings. The largest absolute Gasteiger partial charge is 0.334 e. The van der Waals surface area contributed by atoms with Crippen LogP contribution in [0.5, 0.6) is 0 Å². The second-order valence-corrected chi connectivity index (χ2v) is 5.23.